The van der Waals surface area contributed by atoms with Crippen molar-refractivity contribution in [3.8, 4) is 0 Å². The van der Waals surface area contributed by atoms with Crippen molar-refractivity contribution < 1.29 is 14.7 Å². The molecule has 6 nitrogen and oxygen atoms in total. The Morgan fingerprint density at radius 2 is 2.08 bits per heavy atom. The van der Waals surface area contributed by atoms with E-state index in [-0.39, 0.29) is 11.9 Å². The molecule has 130 valence electrons. The van der Waals surface area contributed by atoms with Gasteiger partial charge in [-0.1, -0.05) is 18.2 Å². The minimum atomic E-state index is -0.789. The van der Waals surface area contributed by atoms with Gasteiger partial charge in [0, 0.05) is 24.5 Å². The Morgan fingerprint density at radius 3 is 2.76 bits per heavy atom. The Kier molecular flexibility index (Phi) is 3.63. The van der Waals surface area contributed by atoms with Crippen molar-refractivity contribution in [1.29, 1.82) is 0 Å². The van der Waals surface area contributed by atoms with Crippen molar-refractivity contribution in [1.82, 2.24) is 10.3 Å². The molecule has 1 aliphatic carbocycles. The summed E-state index contributed by atoms with van der Waals surface area (Å²) in [6.45, 7) is 2.78. The molecular weight excluding hydrogens is 318 g/mol. The number of fused-ring (bicyclic) bond motifs is 1. The smallest absolute Gasteiger partial charge is 0.311 e. The van der Waals surface area contributed by atoms with Crippen LogP contribution < -0.4 is 10.2 Å². The molecule has 1 atom stereocenters. The van der Waals surface area contributed by atoms with Gasteiger partial charge in [-0.15, -0.1) is 0 Å². The number of hydrogen-bond donors (Lipinski definition) is 2. The summed E-state index contributed by atoms with van der Waals surface area (Å²) >= 11 is 0. The van der Waals surface area contributed by atoms with Crippen molar-refractivity contribution in [2.45, 2.75) is 32.2 Å². The molecule has 2 aromatic rings. The summed E-state index contributed by atoms with van der Waals surface area (Å²) in [6, 6.07) is 9.67. The molecule has 4 rings (SSSR count). The van der Waals surface area contributed by atoms with Crippen LogP contribution in [-0.2, 0) is 4.79 Å². The predicted octanol–water partition coefficient (Wildman–Crippen LogP) is 2.43. The highest BCUT2D eigenvalue weighted by molar-refractivity contribution is 6.07. The van der Waals surface area contributed by atoms with E-state index in [1.165, 1.54) is 0 Å². The van der Waals surface area contributed by atoms with Crippen LogP contribution in [0.1, 0.15) is 36.5 Å². The number of benzene rings is 1. The molecule has 1 saturated heterocycles. The van der Waals surface area contributed by atoms with Gasteiger partial charge in [-0.2, -0.15) is 0 Å². The fourth-order valence-corrected chi connectivity index (χ4v) is 3.33. The molecule has 1 aromatic heterocycles. The number of hydrogen-bond acceptors (Lipinski definition) is 4. The molecule has 25 heavy (non-hydrogen) atoms. The standard InChI is InChI=1S/C19H21N3O3/c1-19(18(24)25)8-9-22(11-19)16-10-14(17(23)20-12-6-7-12)13-4-2-3-5-15(13)21-16/h2-5,10,12H,6-9,11H2,1H3,(H,20,23)(H,24,25). The lowest BCUT2D eigenvalue weighted by atomic mass is 9.90. The van der Waals surface area contributed by atoms with Gasteiger partial charge in [0.2, 0.25) is 0 Å². The maximum atomic E-state index is 12.7. The zero-order valence-electron chi connectivity index (χ0n) is 14.2. The summed E-state index contributed by atoms with van der Waals surface area (Å²) in [5.41, 5.74) is 0.588. The average Bonchev–Trinajstić information content (AvgIpc) is 3.32. The number of carbonyl (C=O) groups excluding carboxylic acids is 1. The van der Waals surface area contributed by atoms with Crippen LogP contribution in [0.5, 0.6) is 0 Å². The third kappa shape index (κ3) is 2.92. The third-order valence-electron chi connectivity index (χ3n) is 5.17. The third-order valence-corrected chi connectivity index (χ3v) is 5.17. The van der Waals surface area contributed by atoms with Gasteiger partial charge in [-0.05, 0) is 38.3 Å². The molecule has 0 spiro atoms. The fraction of sp³-hybridized carbons (Fsp3) is 0.421. The average molecular weight is 339 g/mol. The van der Waals surface area contributed by atoms with E-state index in [2.05, 4.69) is 10.3 Å². The molecule has 0 bridgehead atoms. The zero-order valence-corrected chi connectivity index (χ0v) is 14.2. The minimum absolute atomic E-state index is 0.0810. The molecule has 1 aliphatic heterocycles. The first-order valence-corrected chi connectivity index (χ1v) is 8.65. The lowest BCUT2D eigenvalue weighted by Gasteiger charge is -2.22. The maximum Gasteiger partial charge on any atom is 0.311 e. The van der Waals surface area contributed by atoms with Crippen LogP contribution >= 0.6 is 0 Å². The monoisotopic (exact) mass is 339 g/mol. The Morgan fingerprint density at radius 1 is 1.32 bits per heavy atom. The van der Waals surface area contributed by atoms with Gasteiger partial charge in [-0.3, -0.25) is 9.59 Å². The number of rotatable bonds is 4. The van der Waals surface area contributed by atoms with E-state index < -0.39 is 11.4 Å². The number of amides is 1. The first kappa shape index (κ1) is 15.9. The summed E-state index contributed by atoms with van der Waals surface area (Å²) in [6.07, 6.45) is 2.63. The summed E-state index contributed by atoms with van der Waals surface area (Å²) in [5.74, 6) is -0.199. The number of carboxylic acids is 1. The summed E-state index contributed by atoms with van der Waals surface area (Å²) in [7, 11) is 0. The molecule has 1 unspecified atom stereocenters. The van der Waals surface area contributed by atoms with Crippen LogP contribution in [0.2, 0.25) is 0 Å². The highest BCUT2D eigenvalue weighted by Crippen LogP contribution is 2.34. The first-order chi connectivity index (χ1) is 12.0. The molecular formula is C19H21N3O3. The zero-order chi connectivity index (χ0) is 17.6. The highest BCUT2D eigenvalue weighted by atomic mass is 16.4. The maximum absolute atomic E-state index is 12.7. The fourth-order valence-electron chi connectivity index (χ4n) is 3.33. The number of para-hydroxylation sites is 1. The van der Waals surface area contributed by atoms with E-state index >= 15 is 0 Å². The van der Waals surface area contributed by atoms with Crippen LogP contribution in [0, 0.1) is 5.41 Å². The largest absolute Gasteiger partial charge is 0.481 e. The first-order valence-electron chi connectivity index (χ1n) is 8.65. The van der Waals surface area contributed by atoms with Gasteiger partial charge in [0.05, 0.1) is 16.5 Å². The van der Waals surface area contributed by atoms with Gasteiger partial charge in [0.1, 0.15) is 5.82 Å². The molecule has 2 N–H and O–H groups in total. The molecule has 1 amide bonds. The second-order valence-electron chi connectivity index (χ2n) is 7.33. The van der Waals surface area contributed by atoms with Crippen molar-refractivity contribution in [3.63, 3.8) is 0 Å². The SMILES string of the molecule is CC1(C(=O)O)CCN(c2cc(C(=O)NC3CC3)c3ccccc3n2)C1. The van der Waals surface area contributed by atoms with Crippen LogP contribution in [0.25, 0.3) is 10.9 Å². The lowest BCUT2D eigenvalue weighted by Crippen LogP contribution is -2.32. The molecule has 1 saturated carbocycles. The van der Waals surface area contributed by atoms with Gasteiger partial charge < -0.3 is 15.3 Å². The summed E-state index contributed by atoms with van der Waals surface area (Å²) < 4.78 is 0. The number of carbonyl (C=O) groups is 2. The normalized spacial score (nSPS) is 23.0. The molecule has 6 heteroatoms. The Balaban J connectivity index is 1.72. The minimum Gasteiger partial charge on any atom is -0.481 e. The topological polar surface area (TPSA) is 82.5 Å². The number of carboxylic acid groups (broad SMARTS) is 1. The second-order valence-corrected chi connectivity index (χ2v) is 7.33. The number of nitrogens with one attached hydrogen (secondary N) is 1. The van der Waals surface area contributed by atoms with Crippen molar-refractivity contribution in [2.75, 3.05) is 18.0 Å². The van der Waals surface area contributed by atoms with Crippen LogP contribution in [-0.4, -0.2) is 41.1 Å². The van der Waals surface area contributed by atoms with Crippen molar-refractivity contribution in [2.24, 2.45) is 5.41 Å². The number of anilines is 1. The van der Waals surface area contributed by atoms with Gasteiger partial charge in [-0.25, -0.2) is 4.98 Å². The predicted molar refractivity (Wildman–Crippen MR) is 94.8 cm³/mol. The van der Waals surface area contributed by atoms with Crippen LogP contribution in [0.4, 0.5) is 5.82 Å². The van der Waals surface area contributed by atoms with E-state index in [1.54, 1.807) is 13.0 Å². The number of nitrogens with zero attached hydrogens (tertiary/aromatic N) is 2. The van der Waals surface area contributed by atoms with Crippen molar-refractivity contribution in [3.05, 3.63) is 35.9 Å². The molecule has 2 fully saturated rings. The van der Waals surface area contributed by atoms with Crippen LogP contribution in [0.3, 0.4) is 0 Å². The van der Waals surface area contributed by atoms with E-state index in [9.17, 15) is 14.7 Å². The second kappa shape index (κ2) is 5.72. The number of aliphatic carboxylic acids is 1. The number of pyridine rings is 1. The Labute approximate surface area is 145 Å². The highest BCUT2D eigenvalue weighted by Gasteiger charge is 2.41. The van der Waals surface area contributed by atoms with Crippen molar-refractivity contribution >= 4 is 28.6 Å². The van der Waals surface area contributed by atoms with E-state index in [0.717, 1.165) is 23.7 Å². The van der Waals surface area contributed by atoms with E-state index in [0.29, 0.717) is 30.9 Å². The number of aromatic nitrogens is 1. The van der Waals surface area contributed by atoms with E-state index in [4.69, 9.17) is 0 Å². The van der Waals surface area contributed by atoms with Gasteiger partial charge >= 0.3 is 5.97 Å². The quantitative estimate of drug-likeness (QED) is 0.894. The molecule has 2 aliphatic rings. The Bertz CT molecular complexity index is 862. The van der Waals surface area contributed by atoms with Gasteiger partial charge in [0.25, 0.3) is 5.91 Å². The molecule has 1 aromatic carbocycles. The molecule has 2 heterocycles. The van der Waals surface area contributed by atoms with Gasteiger partial charge in [0.15, 0.2) is 0 Å². The molecule has 0 radical (unpaired) electrons. The summed E-state index contributed by atoms with van der Waals surface area (Å²) in [5, 5.41) is 13.3. The van der Waals surface area contributed by atoms with Crippen LogP contribution in [0.15, 0.2) is 30.3 Å². The Hall–Kier alpha value is -2.63. The van der Waals surface area contributed by atoms with E-state index in [1.807, 2.05) is 29.2 Å². The lowest BCUT2D eigenvalue weighted by molar-refractivity contribution is -0.146. The summed E-state index contributed by atoms with van der Waals surface area (Å²) in [4.78, 5) is 30.8.